The Morgan fingerprint density at radius 3 is 1.97 bits per heavy atom. The van der Waals surface area contributed by atoms with Crippen molar-refractivity contribution in [3.05, 3.63) is 48.6 Å². The fraction of sp³-hybridized carbons (Fsp3) is 0.761. The monoisotopic (exact) mass is 871 g/mol. The van der Waals surface area contributed by atoms with Crippen LogP contribution in [0.2, 0.25) is 0 Å². The van der Waals surface area contributed by atoms with E-state index < -0.39 is 76.5 Å². The van der Waals surface area contributed by atoms with Gasteiger partial charge in [-0.15, -0.1) is 0 Å². The molecular formula is C46H79O13P. The second-order valence-corrected chi connectivity index (χ2v) is 17.3. The number of aliphatic hydroxyl groups excluding tert-OH is 4. The molecule has 14 heteroatoms. The highest BCUT2D eigenvalue weighted by Gasteiger charge is 2.39. The Kier molecular flexibility index (Phi) is 33.4. The normalized spacial score (nSPS) is 19.8. The quantitative estimate of drug-likeness (QED) is 0.0171. The summed E-state index contributed by atoms with van der Waals surface area (Å²) in [5.41, 5.74) is 0. The molecule has 1 unspecified atom stereocenters. The van der Waals surface area contributed by atoms with E-state index in [4.69, 9.17) is 19.1 Å². The Morgan fingerprint density at radius 2 is 1.32 bits per heavy atom. The number of phosphoric acid groups is 1. The predicted octanol–water partition coefficient (Wildman–Crippen LogP) is 8.70. The first-order valence-corrected chi connectivity index (χ1v) is 24.2. The molecule has 0 saturated heterocycles. The largest absolute Gasteiger partial charge is 0.472 e. The van der Waals surface area contributed by atoms with E-state index in [1.54, 1.807) is 12.2 Å². The van der Waals surface area contributed by atoms with E-state index >= 15 is 0 Å². The van der Waals surface area contributed by atoms with Crippen LogP contribution in [0, 0.1) is 11.8 Å². The van der Waals surface area contributed by atoms with Crippen molar-refractivity contribution in [2.75, 3.05) is 26.4 Å². The van der Waals surface area contributed by atoms with Crippen LogP contribution < -0.4 is 0 Å². The van der Waals surface area contributed by atoms with Crippen LogP contribution in [0.3, 0.4) is 0 Å². The second-order valence-electron chi connectivity index (χ2n) is 15.9. The van der Waals surface area contributed by atoms with Gasteiger partial charge in [0, 0.05) is 25.2 Å². The van der Waals surface area contributed by atoms with Crippen molar-refractivity contribution in [1.82, 2.24) is 0 Å². The number of rotatable bonds is 38. The maximum Gasteiger partial charge on any atom is 0.472 e. The van der Waals surface area contributed by atoms with Gasteiger partial charge in [-0.3, -0.25) is 23.4 Å². The number of ether oxygens (including phenoxy) is 2. The highest BCUT2D eigenvalue weighted by Crippen LogP contribution is 2.43. The van der Waals surface area contributed by atoms with Gasteiger partial charge < -0.3 is 34.8 Å². The van der Waals surface area contributed by atoms with Gasteiger partial charge in [0.1, 0.15) is 18.5 Å². The fourth-order valence-corrected chi connectivity index (χ4v) is 7.58. The molecule has 346 valence electrons. The highest BCUT2D eigenvalue weighted by atomic mass is 31.2. The fourth-order valence-electron chi connectivity index (χ4n) is 6.79. The van der Waals surface area contributed by atoms with Gasteiger partial charge >= 0.3 is 19.8 Å². The molecule has 1 aliphatic rings. The first-order chi connectivity index (χ1) is 28.9. The molecule has 1 aliphatic carbocycles. The summed E-state index contributed by atoms with van der Waals surface area (Å²) in [6.45, 7) is 1.95. The first-order valence-electron chi connectivity index (χ1n) is 22.7. The molecule has 0 aromatic heterocycles. The van der Waals surface area contributed by atoms with Gasteiger partial charge in [0.15, 0.2) is 6.10 Å². The molecule has 5 N–H and O–H groups in total. The number of phosphoric ester groups is 1. The van der Waals surface area contributed by atoms with Crippen molar-refractivity contribution < 1.29 is 62.8 Å². The molecule has 0 heterocycles. The SMILES string of the molecule is CCCCC/C=C\C/C=C\C/C=C\CCCCCCC(=O)O[C@H](COC(=O)CCCCCC[C@H]1[C@@H](O)CC(=O)[C@@H]1/C=C/[C@@H](O)CCCCC)COP(=O)(O)OC[C@@H](O)CO. The maximum absolute atomic E-state index is 12.7. The molecule has 1 rings (SSSR count). The molecular weight excluding hydrogens is 791 g/mol. The van der Waals surface area contributed by atoms with E-state index in [0.717, 1.165) is 77.0 Å². The van der Waals surface area contributed by atoms with Crippen molar-refractivity contribution >= 4 is 25.5 Å². The summed E-state index contributed by atoms with van der Waals surface area (Å²) < 4.78 is 32.7. The summed E-state index contributed by atoms with van der Waals surface area (Å²) in [6, 6.07) is 0. The molecule has 0 aromatic carbocycles. The summed E-state index contributed by atoms with van der Waals surface area (Å²) in [7, 11) is -4.69. The topological polar surface area (TPSA) is 206 Å². The Labute approximate surface area is 360 Å². The molecule has 7 atom stereocenters. The summed E-state index contributed by atoms with van der Waals surface area (Å²) in [4.78, 5) is 47.7. The Balaban J connectivity index is 2.44. The Hall–Kier alpha value is -2.48. The Bertz CT molecular complexity index is 1300. The van der Waals surface area contributed by atoms with Crippen molar-refractivity contribution in [2.24, 2.45) is 11.8 Å². The number of unbranched alkanes of at least 4 members (excludes halogenated alkanes) is 12. The third kappa shape index (κ3) is 29.7. The second kappa shape index (κ2) is 36.0. The highest BCUT2D eigenvalue weighted by molar-refractivity contribution is 7.47. The van der Waals surface area contributed by atoms with Gasteiger partial charge in [-0.1, -0.05) is 127 Å². The molecule has 0 amide bonds. The third-order valence-electron chi connectivity index (χ3n) is 10.4. The summed E-state index contributed by atoms with van der Waals surface area (Å²) in [5.74, 6) is -1.73. The predicted molar refractivity (Wildman–Crippen MR) is 234 cm³/mol. The number of carbonyl (C=O) groups excluding carboxylic acids is 3. The van der Waals surface area contributed by atoms with Gasteiger partial charge in [-0.2, -0.15) is 0 Å². The minimum Gasteiger partial charge on any atom is -0.462 e. The van der Waals surface area contributed by atoms with E-state index in [9.17, 15) is 39.2 Å². The van der Waals surface area contributed by atoms with Crippen molar-refractivity contribution in [3.8, 4) is 0 Å². The van der Waals surface area contributed by atoms with Crippen molar-refractivity contribution in [1.29, 1.82) is 0 Å². The van der Waals surface area contributed by atoms with Crippen molar-refractivity contribution in [3.63, 3.8) is 0 Å². The summed E-state index contributed by atoms with van der Waals surface area (Å²) in [6.07, 6.45) is 31.2. The number of ketones is 1. The lowest BCUT2D eigenvalue weighted by molar-refractivity contribution is -0.161. The van der Waals surface area contributed by atoms with Crippen LogP contribution in [0.1, 0.15) is 162 Å². The molecule has 0 aromatic rings. The number of hydrogen-bond donors (Lipinski definition) is 5. The van der Waals surface area contributed by atoms with E-state index in [1.807, 2.05) is 0 Å². The third-order valence-corrected chi connectivity index (χ3v) is 11.3. The van der Waals surface area contributed by atoms with Gasteiger partial charge in [0.05, 0.1) is 32.0 Å². The number of Topliss-reactive ketones (excluding diaryl/α,β-unsaturated/α-hetero) is 1. The minimum atomic E-state index is -4.69. The molecule has 0 bridgehead atoms. The number of aliphatic hydroxyl groups is 4. The Morgan fingerprint density at radius 1 is 0.750 bits per heavy atom. The molecule has 1 saturated carbocycles. The van der Waals surface area contributed by atoms with Crippen LogP contribution in [-0.2, 0) is 37.5 Å². The molecule has 13 nitrogen and oxygen atoms in total. The first kappa shape index (κ1) is 55.5. The number of allylic oxidation sites excluding steroid dienone is 7. The van der Waals surface area contributed by atoms with Crippen LogP contribution in [-0.4, -0.2) is 93.9 Å². The molecule has 0 spiro atoms. The molecule has 60 heavy (non-hydrogen) atoms. The molecule has 0 aliphatic heterocycles. The zero-order valence-electron chi connectivity index (χ0n) is 36.6. The van der Waals surface area contributed by atoms with E-state index in [1.165, 1.54) is 19.3 Å². The minimum absolute atomic E-state index is 0.0123. The molecule has 0 radical (unpaired) electrons. The van der Waals surface area contributed by atoms with Crippen LogP contribution in [0.4, 0.5) is 0 Å². The lowest BCUT2D eigenvalue weighted by Crippen LogP contribution is -2.29. The van der Waals surface area contributed by atoms with Gasteiger partial charge in [0.2, 0.25) is 0 Å². The average Bonchev–Trinajstić information content (AvgIpc) is 3.49. The van der Waals surface area contributed by atoms with E-state index in [2.05, 4.69) is 54.8 Å². The van der Waals surface area contributed by atoms with Crippen LogP contribution in [0.15, 0.2) is 48.6 Å². The van der Waals surface area contributed by atoms with E-state index in [0.29, 0.717) is 32.1 Å². The standard InChI is InChI=1S/C46H79O13P/c1-3-5-7-8-9-10-11-12-13-14-15-16-17-18-19-20-26-30-46(53)59-40(37-58-60(54,55)57-35-39(49)34-47)36-56-45(52)29-25-22-21-24-28-41-42(44(51)33-43(41)50)32-31-38(48)27-23-6-4-2/h9-10,12-13,15-16,31-32,38-43,47-50H,3-8,11,14,17-30,33-37H2,1-2H3,(H,54,55)/b10-9-,13-12-,16-15-,32-31+/t38-,39-,40+,41+,42+,43-/m0/s1. The van der Waals surface area contributed by atoms with Crippen LogP contribution in [0.25, 0.3) is 0 Å². The number of esters is 2. The lowest BCUT2D eigenvalue weighted by Gasteiger charge is -2.20. The number of carbonyl (C=O) groups is 3. The smallest absolute Gasteiger partial charge is 0.462 e. The van der Waals surface area contributed by atoms with Crippen molar-refractivity contribution in [2.45, 2.75) is 186 Å². The molecule has 1 fully saturated rings. The maximum atomic E-state index is 12.7. The zero-order chi connectivity index (χ0) is 44.3. The van der Waals surface area contributed by atoms with Gasteiger partial charge in [0.25, 0.3) is 0 Å². The summed E-state index contributed by atoms with van der Waals surface area (Å²) in [5, 5.41) is 39.1. The lowest BCUT2D eigenvalue weighted by atomic mass is 9.88. The van der Waals surface area contributed by atoms with Crippen LogP contribution in [0.5, 0.6) is 0 Å². The summed E-state index contributed by atoms with van der Waals surface area (Å²) >= 11 is 0. The van der Waals surface area contributed by atoms with Gasteiger partial charge in [-0.25, -0.2) is 4.57 Å². The van der Waals surface area contributed by atoms with Crippen LogP contribution >= 0.6 is 7.82 Å². The van der Waals surface area contributed by atoms with Gasteiger partial charge in [-0.05, 0) is 70.1 Å². The zero-order valence-corrected chi connectivity index (χ0v) is 37.5. The number of hydrogen-bond acceptors (Lipinski definition) is 12. The van der Waals surface area contributed by atoms with E-state index in [-0.39, 0.29) is 31.0 Å². The average molecular weight is 871 g/mol.